The standard InChI is InChI=1S/C19H18FN7O2/c20-18-17-14(23-16(28)10-27-1-3-29-4-2-27)6-11(7-15(17)24-25-18)12-5-13-9-22-26-19(13)21-8-12/h5-9H,1-4,10H2,(H,23,28)(H,24,25)(H,21,22,26). The number of fused-ring (bicyclic) bond motifs is 2. The molecular weight excluding hydrogens is 377 g/mol. The van der Waals surface area contributed by atoms with Gasteiger partial charge in [-0.15, -0.1) is 5.10 Å². The van der Waals surface area contributed by atoms with Crippen LogP contribution in [0.25, 0.3) is 33.1 Å². The molecule has 1 aliphatic heterocycles. The van der Waals surface area contributed by atoms with E-state index in [1.54, 1.807) is 24.5 Å². The number of morpholine rings is 1. The zero-order chi connectivity index (χ0) is 19.8. The summed E-state index contributed by atoms with van der Waals surface area (Å²) in [5.74, 6) is -0.869. The maximum Gasteiger partial charge on any atom is 0.242 e. The molecule has 1 fully saturated rings. The number of benzene rings is 1. The maximum atomic E-state index is 14.3. The first-order valence-electron chi connectivity index (χ1n) is 9.24. The van der Waals surface area contributed by atoms with Crippen molar-refractivity contribution in [1.82, 2.24) is 30.3 Å². The number of rotatable bonds is 4. The highest BCUT2D eigenvalue weighted by Gasteiger charge is 2.18. The maximum absolute atomic E-state index is 14.3. The zero-order valence-corrected chi connectivity index (χ0v) is 15.4. The zero-order valence-electron chi connectivity index (χ0n) is 15.4. The largest absolute Gasteiger partial charge is 0.379 e. The summed E-state index contributed by atoms with van der Waals surface area (Å²) in [6.45, 7) is 2.81. The number of amides is 1. The third kappa shape index (κ3) is 3.43. The molecule has 4 heterocycles. The van der Waals surface area contributed by atoms with E-state index in [0.717, 1.165) is 16.5 Å². The summed E-state index contributed by atoms with van der Waals surface area (Å²) in [7, 11) is 0. The Kier molecular flexibility index (Phi) is 4.41. The van der Waals surface area contributed by atoms with Crippen LogP contribution in [0.5, 0.6) is 0 Å². The minimum atomic E-state index is -0.656. The van der Waals surface area contributed by atoms with Crippen LogP contribution in [0.15, 0.2) is 30.6 Å². The average molecular weight is 395 g/mol. The summed E-state index contributed by atoms with van der Waals surface area (Å²) >= 11 is 0. The number of anilines is 1. The minimum absolute atomic E-state index is 0.214. The molecule has 10 heteroatoms. The van der Waals surface area contributed by atoms with Crippen molar-refractivity contribution in [2.45, 2.75) is 0 Å². The van der Waals surface area contributed by atoms with Gasteiger partial charge < -0.3 is 10.1 Å². The van der Waals surface area contributed by atoms with E-state index >= 15 is 0 Å². The fourth-order valence-electron chi connectivity index (χ4n) is 3.53. The van der Waals surface area contributed by atoms with Crippen molar-refractivity contribution in [3.63, 3.8) is 0 Å². The predicted molar refractivity (Wildman–Crippen MR) is 105 cm³/mol. The lowest BCUT2D eigenvalue weighted by molar-refractivity contribution is -0.118. The van der Waals surface area contributed by atoms with E-state index < -0.39 is 5.95 Å². The van der Waals surface area contributed by atoms with Gasteiger partial charge in [0.15, 0.2) is 5.65 Å². The number of carbonyl (C=O) groups excluding carboxylic acids is 1. The predicted octanol–water partition coefficient (Wildman–Crippen LogP) is 1.91. The van der Waals surface area contributed by atoms with Crippen molar-refractivity contribution in [3.05, 3.63) is 36.5 Å². The summed E-state index contributed by atoms with van der Waals surface area (Å²) in [5.41, 5.74) is 3.14. The van der Waals surface area contributed by atoms with Gasteiger partial charge in [0, 0.05) is 30.2 Å². The topological polar surface area (TPSA) is 112 Å². The SMILES string of the molecule is O=C(CN1CCOCC1)Nc1cc(-c2cnc3[nH]ncc3c2)cc2[nH]nc(F)c12. The van der Waals surface area contributed by atoms with Crippen molar-refractivity contribution >= 4 is 33.5 Å². The molecule has 148 valence electrons. The van der Waals surface area contributed by atoms with E-state index in [-0.39, 0.29) is 17.8 Å². The monoisotopic (exact) mass is 395 g/mol. The fraction of sp³-hybridized carbons (Fsp3) is 0.263. The van der Waals surface area contributed by atoms with Gasteiger partial charge in [0.25, 0.3) is 0 Å². The van der Waals surface area contributed by atoms with Crippen LogP contribution in [0.4, 0.5) is 10.1 Å². The Bertz CT molecular complexity index is 1200. The molecule has 1 saturated heterocycles. The van der Waals surface area contributed by atoms with E-state index in [1.165, 1.54) is 0 Å². The van der Waals surface area contributed by atoms with Crippen molar-refractivity contribution in [3.8, 4) is 11.1 Å². The van der Waals surface area contributed by atoms with Gasteiger partial charge in [-0.25, -0.2) is 4.98 Å². The Morgan fingerprint density at radius 2 is 2.03 bits per heavy atom. The molecule has 4 aromatic rings. The Morgan fingerprint density at radius 3 is 2.90 bits per heavy atom. The molecule has 1 aromatic carbocycles. The Hall–Kier alpha value is -3.37. The molecule has 0 unspecified atom stereocenters. The summed E-state index contributed by atoms with van der Waals surface area (Å²) in [4.78, 5) is 18.9. The summed E-state index contributed by atoms with van der Waals surface area (Å²) in [5, 5.41) is 17.1. The van der Waals surface area contributed by atoms with Crippen LogP contribution < -0.4 is 5.32 Å². The molecule has 0 atom stereocenters. The summed E-state index contributed by atoms with van der Waals surface area (Å²) in [6, 6.07) is 5.45. The number of halogens is 1. The molecule has 0 spiro atoms. The van der Waals surface area contributed by atoms with Crippen LogP contribution >= 0.6 is 0 Å². The van der Waals surface area contributed by atoms with Gasteiger partial charge in [-0.2, -0.15) is 9.49 Å². The third-order valence-electron chi connectivity index (χ3n) is 4.99. The van der Waals surface area contributed by atoms with Gasteiger partial charge in [-0.1, -0.05) is 0 Å². The first-order chi connectivity index (χ1) is 14.2. The number of aromatic amines is 2. The number of nitrogens with one attached hydrogen (secondary N) is 3. The van der Waals surface area contributed by atoms with Gasteiger partial charge in [-0.3, -0.25) is 19.9 Å². The van der Waals surface area contributed by atoms with Crippen molar-refractivity contribution < 1.29 is 13.9 Å². The number of ether oxygens (including phenoxy) is 1. The molecule has 1 aliphatic rings. The summed E-state index contributed by atoms with van der Waals surface area (Å²) < 4.78 is 19.6. The van der Waals surface area contributed by atoms with Gasteiger partial charge in [-0.05, 0) is 23.8 Å². The molecular formula is C19H18FN7O2. The van der Waals surface area contributed by atoms with Gasteiger partial charge in [0.1, 0.15) is 0 Å². The first kappa shape index (κ1) is 17.7. The highest BCUT2D eigenvalue weighted by molar-refractivity contribution is 6.04. The second kappa shape index (κ2) is 7.22. The van der Waals surface area contributed by atoms with Crippen molar-refractivity contribution in [2.75, 3.05) is 38.2 Å². The Balaban J connectivity index is 1.49. The number of carbonyl (C=O) groups is 1. The van der Waals surface area contributed by atoms with Gasteiger partial charge >= 0.3 is 0 Å². The van der Waals surface area contributed by atoms with E-state index in [2.05, 4.69) is 30.7 Å². The van der Waals surface area contributed by atoms with Crippen LogP contribution in [0.2, 0.25) is 0 Å². The minimum Gasteiger partial charge on any atom is -0.379 e. The van der Waals surface area contributed by atoms with E-state index in [4.69, 9.17) is 4.74 Å². The molecule has 1 amide bonds. The Morgan fingerprint density at radius 1 is 1.17 bits per heavy atom. The number of H-pyrrole nitrogens is 2. The lowest BCUT2D eigenvalue weighted by atomic mass is 10.0. The fourth-order valence-corrected chi connectivity index (χ4v) is 3.53. The van der Waals surface area contributed by atoms with E-state index in [0.29, 0.717) is 43.2 Å². The molecule has 3 N–H and O–H groups in total. The smallest absolute Gasteiger partial charge is 0.242 e. The van der Waals surface area contributed by atoms with Crippen molar-refractivity contribution in [2.24, 2.45) is 0 Å². The normalized spacial score (nSPS) is 15.2. The first-order valence-corrected chi connectivity index (χ1v) is 9.24. The van der Waals surface area contributed by atoms with E-state index in [1.807, 2.05) is 11.0 Å². The number of pyridine rings is 1. The Labute approximate surface area is 164 Å². The molecule has 5 rings (SSSR count). The van der Waals surface area contributed by atoms with Crippen LogP contribution in [0.3, 0.4) is 0 Å². The molecule has 9 nitrogen and oxygen atoms in total. The molecule has 0 saturated carbocycles. The van der Waals surface area contributed by atoms with Gasteiger partial charge in [0.05, 0.1) is 42.5 Å². The second-order valence-corrected chi connectivity index (χ2v) is 6.93. The third-order valence-corrected chi connectivity index (χ3v) is 4.99. The summed E-state index contributed by atoms with van der Waals surface area (Å²) in [6.07, 6.45) is 3.39. The number of hydrogen-bond acceptors (Lipinski definition) is 6. The van der Waals surface area contributed by atoms with E-state index in [9.17, 15) is 9.18 Å². The van der Waals surface area contributed by atoms with Crippen LogP contribution in [0, 0.1) is 5.95 Å². The molecule has 0 bridgehead atoms. The lowest BCUT2D eigenvalue weighted by Crippen LogP contribution is -2.41. The highest BCUT2D eigenvalue weighted by atomic mass is 19.1. The average Bonchev–Trinajstić information content (AvgIpc) is 3.34. The molecule has 0 aliphatic carbocycles. The quantitative estimate of drug-likeness (QED) is 0.487. The number of hydrogen-bond donors (Lipinski definition) is 3. The highest BCUT2D eigenvalue weighted by Crippen LogP contribution is 2.32. The molecule has 3 aromatic heterocycles. The number of nitrogens with zero attached hydrogens (tertiary/aromatic N) is 4. The van der Waals surface area contributed by atoms with Crippen LogP contribution in [-0.4, -0.2) is 69.0 Å². The lowest BCUT2D eigenvalue weighted by Gasteiger charge is -2.25. The molecule has 29 heavy (non-hydrogen) atoms. The van der Waals surface area contributed by atoms with Gasteiger partial charge in [0.2, 0.25) is 11.9 Å². The second-order valence-electron chi connectivity index (χ2n) is 6.93. The van der Waals surface area contributed by atoms with Crippen LogP contribution in [-0.2, 0) is 9.53 Å². The van der Waals surface area contributed by atoms with Crippen molar-refractivity contribution in [1.29, 1.82) is 0 Å². The number of aromatic nitrogens is 5. The van der Waals surface area contributed by atoms with Crippen LogP contribution in [0.1, 0.15) is 0 Å². The molecule has 0 radical (unpaired) electrons.